The highest BCUT2D eigenvalue weighted by Crippen LogP contribution is 2.01. The van der Waals surface area contributed by atoms with E-state index >= 15 is 0 Å². The Morgan fingerprint density at radius 3 is 1.69 bits per heavy atom. The third-order valence-corrected chi connectivity index (χ3v) is 1.20. The predicted octanol–water partition coefficient (Wildman–Crippen LogP) is -0.222. The van der Waals surface area contributed by atoms with Gasteiger partial charge in [0.25, 0.3) is 0 Å². The molecule has 0 aliphatic heterocycles. The Balaban J connectivity index is 4.75. The van der Waals surface area contributed by atoms with Crippen molar-refractivity contribution in [2.45, 2.75) is 0 Å². The number of hydrogen-bond acceptors (Lipinski definition) is 5. The lowest BCUT2D eigenvalue weighted by Crippen LogP contribution is -2.19. The van der Waals surface area contributed by atoms with Crippen molar-refractivity contribution in [3.05, 3.63) is 11.8 Å². The maximum atomic E-state index is 11.0. The van der Waals surface area contributed by atoms with Crippen LogP contribution in [-0.2, 0) is 19.1 Å². The number of methoxy groups -OCH3 is 2. The molecule has 0 fully saturated rings. The molecule has 0 saturated heterocycles. The first-order valence-electron chi connectivity index (χ1n) is 3.57. The zero-order chi connectivity index (χ0) is 10.4. The van der Waals surface area contributed by atoms with Gasteiger partial charge in [-0.15, -0.1) is 0 Å². The van der Waals surface area contributed by atoms with E-state index in [-0.39, 0.29) is 5.57 Å². The fourth-order valence-electron chi connectivity index (χ4n) is 0.667. The van der Waals surface area contributed by atoms with Gasteiger partial charge < -0.3 is 14.4 Å². The molecule has 0 bridgehead atoms. The summed E-state index contributed by atoms with van der Waals surface area (Å²) in [6.45, 7) is 0. The van der Waals surface area contributed by atoms with Gasteiger partial charge in [0.1, 0.15) is 0 Å². The molecule has 0 aliphatic carbocycles. The molecule has 0 heterocycles. The largest absolute Gasteiger partial charge is 0.465 e. The van der Waals surface area contributed by atoms with Crippen LogP contribution in [0.25, 0.3) is 0 Å². The maximum absolute atomic E-state index is 11.0. The van der Waals surface area contributed by atoms with Gasteiger partial charge in [0, 0.05) is 20.3 Å². The van der Waals surface area contributed by atoms with E-state index in [4.69, 9.17) is 0 Å². The quantitative estimate of drug-likeness (QED) is 0.264. The summed E-state index contributed by atoms with van der Waals surface area (Å²) >= 11 is 0. The molecule has 0 aromatic heterocycles. The van der Waals surface area contributed by atoms with Crippen LogP contribution in [0.4, 0.5) is 0 Å². The lowest BCUT2D eigenvalue weighted by atomic mass is 10.3. The number of esters is 2. The molecule has 0 aliphatic rings. The van der Waals surface area contributed by atoms with E-state index in [2.05, 4.69) is 9.47 Å². The third kappa shape index (κ3) is 3.59. The first-order valence-corrected chi connectivity index (χ1v) is 3.57. The van der Waals surface area contributed by atoms with Crippen molar-refractivity contribution >= 4 is 11.9 Å². The molecule has 0 radical (unpaired) electrons. The van der Waals surface area contributed by atoms with Crippen LogP contribution in [0.5, 0.6) is 0 Å². The van der Waals surface area contributed by atoms with E-state index in [1.807, 2.05) is 0 Å². The van der Waals surface area contributed by atoms with Crippen LogP contribution in [0, 0.1) is 0 Å². The maximum Gasteiger partial charge on any atom is 0.346 e. The van der Waals surface area contributed by atoms with Crippen LogP contribution in [-0.4, -0.2) is 45.2 Å². The molecule has 74 valence electrons. The number of ether oxygens (including phenoxy) is 2. The molecule has 5 nitrogen and oxygen atoms in total. The van der Waals surface area contributed by atoms with Crippen LogP contribution >= 0.6 is 0 Å². The van der Waals surface area contributed by atoms with E-state index in [1.165, 1.54) is 20.4 Å². The molecule has 0 atom stereocenters. The SMILES string of the molecule is COC(=O)C(=CN(C)C)C(=O)OC. The normalized spacial score (nSPS) is 8.62. The first kappa shape index (κ1) is 11.5. The fraction of sp³-hybridized carbons (Fsp3) is 0.500. The summed E-state index contributed by atoms with van der Waals surface area (Å²) in [5.74, 6) is -1.42. The van der Waals surface area contributed by atoms with Gasteiger partial charge in [-0.25, -0.2) is 9.59 Å². The highest BCUT2D eigenvalue weighted by Gasteiger charge is 2.19. The number of nitrogens with zero attached hydrogens (tertiary/aromatic N) is 1. The van der Waals surface area contributed by atoms with Gasteiger partial charge in [-0.3, -0.25) is 0 Å². The molecule has 0 unspecified atom stereocenters. The summed E-state index contributed by atoms with van der Waals surface area (Å²) in [6.07, 6.45) is 1.34. The molecule has 0 aromatic rings. The Morgan fingerprint density at radius 2 is 1.46 bits per heavy atom. The zero-order valence-corrected chi connectivity index (χ0v) is 8.16. The van der Waals surface area contributed by atoms with Crippen LogP contribution in [0.1, 0.15) is 0 Å². The Kier molecular flexibility index (Phi) is 4.58. The van der Waals surface area contributed by atoms with Gasteiger partial charge in [0.05, 0.1) is 14.2 Å². The van der Waals surface area contributed by atoms with Gasteiger partial charge in [0.15, 0.2) is 5.57 Å². The van der Waals surface area contributed by atoms with Crippen LogP contribution in [0.15, 0.2) is 11.8 Å². The third-order valence-electron chi connectivity index (χ3n) is 1.20. The predicted molar refractivity (Wildman–Crippen MR) is 45.8 cm³/mol. The van der Waals surface area contributed by atoms with Crippen molar-refractivity contribution in [3.8, 4) is 0 Å². The minimum Gasteiger partial charge on any atom is -0.465 e. The standard InChI is InChI=1S/C8H13NO4/c1-9(2)5-6(7(10)12-3)8(11)13-4/h5H,1-4H3. The summed E-state index contributed by atoms with van der Waals surface area (Å²) < 4.78 is 8.80. The topological polar surface area (TPSA) is 55.8 Å². The lowest BCUT2D eigenvalue weighted by molar-refractivity contribution is -0.144. The molecule has 0 spiro atoms. The molecular formula is C8H13NO4. The van der Waals surface area contributed by atoms with Gasteiger partial charge in [-0.2, -0.15) is 0 Å². The van der Waals surface area contributed by atoms with Crippen molar-refractivity contribution in [3.63, 3.8) is 0 Å². The van der Waals surface area contributed by atoms with Gasteiger partial charge >= 0.3 is 11.9 Å². The summed E-state index contributed by atoms with van der Waals surface area (Å²) in [7, 11) is 5.78. The highest BCUT2D eigenvalue weighted by atomic mass is 16.5. The minimum absolute atomic E-state index is 0.130. The summed E-state index contributed by atoms with van der Waals surface area (Å²) in [5.41, 5.74) is -0.130. The van der Waals surface area contributed by atoms with Crippen molar-refractivity contribution in [1.29, 1.82) is 0 Å². The monoisotopic (exact) mass is 187 g/mol. The number of rotatable bonds is 3. The smallest absolute Gasteiger partial charge is 0.346 e. The van der Waals surface area contributed by atoms with Crippen molar-refractivity contribution in [2.24, 2.45) is 0 Å². The molecule has 0 aromatic carbocycles. The molecule has 0 rings (SSSR count). The Labute approximate surface area is 76.9 Å². The fourth-order valence-corrected chi connectivity index (χ4v) is 0.667. The number of hydrogen-bond donors (Lipinski definition) is 0. The summed E-state index contributed by atoms with van der Waals surface area (Å²) in [6, 6.07) is 0. The molecule has 5 heteroatoms. The van der Waals surface area contributed by atoms with Crippen LogP contribution in [0.2, 0.25) is 0 Å². The van der Waals surface area contributed by atoms with E-state index in [0.29, 0.717) is 0 Å². The molecule has 13 heavy (non-hydrogen) atoms. The second kappa shape index (κ2) is 5.18. The van der Waals surface area contributed by atoms with Gasteiger partial charge in [-0.1, -0.05) is 0 Å². The zero-order valence-electron chi connectivity index (χ0n) is 8.16. The number of carbonyl (C=O) groups excluding carboxylic acids is 2. The number of carbonyl (C=O) groups is 2. The van der Waals surface area contributed by atoms with E-state index in [9.17, 15) is 9.59 Å². The van der Waals surface area contributed by atoms with Crippen molar-refractivity contribution < 1.29 is 19.1 Å². The summed E-state index contributed by atoms with van der Waals surface area (Å²) in [4.78, 5) is 23.6. The van der Waals surface area contributed by atoms with E-state index in [1.54, 1.807) is 19.0 Å². The highest BCUT2D eigenvalue weighted by molar-refractivity contribution is 6.13. The lowest BCUT2D eigenvalue weighted by Gasteiger charge is -2.08. The van der Waals surface area contributed by atoms with Crippen LogP contribution in [0.3, 0.4) is 0 Å². The van der Waals surface area contributed by atoms with Gasteiger partial charge in [-0.05, 0) is 0 Å². The molecule has 0 saturated carbocycles. The Morgan fingerprint density at radius 1 is 1.08 bits per heavy atom. The van der Waals surface area contributed by atoms with Crippen molar-refractivity contribution in [2.75, 3.05) is 28.3 Å². The molecule has 0 N–H and O–H groups in total. The average molecular weight is 187 g/mol. The van der Waals surface area contributed by atoms with E-state index < -0.39 is 11.9 Å². The van der Waals surface area contributed by atoms with Gasteiger partial charge in [0.2, 0.25) is 0 Å². The second-order valence-corrected chi connectivity index (χ2v) is 2.49. The average Bonchev–Trinajstić information content (AvgIpc) is 2.11. The van der Waals surface area contributed by atoms with Crippen molar-refractivity contribution in [1.82, 2.24) is 4.90 Å². The van der Waals surface area contributed by atoms with E-state index in [0.717, 1.165) is 0 Å². The van der Waals surface area contributed by atoms with Crippen LogP contribution < -0.4 is 0 Å². The molecule has 0 amide bonds. The Bertz CT molecular complexity index is 214. The second-order valence-electron chi connectivity index (χ2n) is 2.49. The Hall–Kier alpha value is -1.52. The minimum atomic E-state index is -0.708. The molecular weight excluding hydrogens is 174 g/mol. The first-order chi connectivity index (χ1) is 6.02. The summed E-state index contributed by atoms with van der Waals surface area (Å²) in [5, 5.41) is 0.